The minimum absolute atomic E-state index is 0.102. The molecule has 2 rings (SSSR count). The SMILES string of the molecule is CCc1nn(C)c(CC)c1CNC(=O)NC(CO)Cc1ccccc1. The van der Waals surface area contributed by atoms with Crippen molar-refractivity contribution in [1.82, 2.24) is 20.4 Å². The van der Waals surface area contributed by atoms with Crippen molar-refractivity contribution in [2.75, 3.05) is 6.61 Å². The van der Waals surface area contributed by atoms with Crippen LogP contribution in [0, 0.1) is 0 Å². The van der Waals surface area contributed by atoms with Gasteiger partial charge in [-0.05, 0) is 24.8 Å². The van der Waals surface area contributed by atoms with Crippen molar-refractivity contribution in [3.63, 3.8) is 0 Å². The summed E-state index contributed by atoms with van der Waals surface area (Å²) in [7, 11) is 1.93. The third-order valence-electron chi connectivity index (χ3n) is 4.33. The minimum Gasteiger partial charge on any atom is -0.394 e. The van der Waals surface area contributed by atoms with Crippen molar-refractivity contribution < 1.29 is 9.90 Å². The first-order valence-corrected chi connectivity index (χ1v) is 8.81. The van der Waals surface area contributed by atoms with Crippen molar-refractivity contribution in [2.24, 2.45) is 7.05 Å². The molecule has 0 bridgehead atoms. The summed E-state index contributed by atoms with van der Waals surface area (Å²) < 4.78 is 1.89. The van der Waals surface area contributed by atoms with Crippen LogP contribution in [0.1, 0.15) is 36.4 Å². The number of hydrogen-bond acceptors (Lipinski definition) is 3. The van der Waals surface area contributed by atoms with Crippen molar-refractivity contribution in [3.8, 4) is 0 Å². The number of aliphatic hydroxyl groups excluding tert-OH is 1. The summed E-state index contributed by atoms with van der Waals surface area (Å²) in [5.41, 5.74) is 4.32. The van der Waals surface area contributed by atoms with E-state index in [-0.39, 0.29) is 18.7 Å². The number of rotatable bonds is 8. The van der Waals surface area contributed by atoms with Gasteiger partial charge < -0.3 is 15.7 Å². The highest BCUT2D eigenvalue weighted by atomic mass is 16.3. The third kappa shape index (κ3) is 5.06. The van der Waals surface area contributed by atoms with E-state index in [4.69, 9.17) is 0 Å². The fourth-order valence-electron chi connectivity index (χ4n) is 3.06. The van der Waals surface area contributed by atoms with Crippen LogP contribution in [0.5, 0.6) is 0 Å². The highest BCUT2D eigenvalue weighted by Gasteiger charge is 2.16. The topological polar surface area (TPSA) is 79.2 Å². The van der Waals surface area contributed by atoms with Gasteiger partial charge in [-0.2, -0.15) is 5.10 Å². The average molecular weight is 344 g/mol. The fraction of sp³-hybridized carbons (Fsp3) is 0.474. The molecule has 0 fully saturated rings. The summed E-state index contributed by atoms with van der Waals surface area (Å²) in [6.45, 7) is 4.49. The molecule has 1 heterocycles. The Kier molecular flexibility index (Phi) is 7.01. The van der Waals surface area contributed by atoms with Crippen LogP contribution >= 0.6 is 0 Å². The van der Waals surface area contributed by atoms with Crippen LogP contribution in [-0.2, 0) is 32.9 Å². The first-order valence-electron chi connectivity index (χ1n) is 8.81. The van der Waals surface area contributed by atoms with Crippen LogP contribution in [0.4, 0.5) is 4.79 Å². The first-order chi connectivity index (χ1) is 12.1. The molecule has 6 nitrogen and oxygen atoms in total. The molecule has 2 aromatic rings. The molecule has 0 saturated carbocycles. The maximum atomic E-state index is 12.2. The van der Waals surface area contributed by atoms with E-state index in [0.717, 1.165) is 35.4 Å². The van der Waals surface area contributed by atoms with Crippen LogP contribution in [0.2, 0.25) is 0 Å². The summed E-state index contributed by atoms with van der Waals surface area (Å²) in [5.74, 6) is 0. The second-order valence-electron chi connectivity index (χ2n) is 6.10. The molecule has 2 amide bonds. The summed E-state index contributed by atoms with van der Waals surface area (Å²) in [5, 5.41) is 19.8. The maximum absolute atomic E-state index is 12.2. The lowest BCUT2D eigenvalue weighted by Crippen LogP contribution is -2.44. The second kappa shape index (κ2) is 9.22. The van der Waals surface area contributed by atoms with E-state index in [2.05, 4.69) is 29.6 Å². The molecule has 3 N–H and O–H groups in total. The molecule has 1 unspecified atom stereocenters. The number of urea groups is 1. The lowest BCUT2D eigenvalue weighted by molar-refractivity contribution is 0.215. The number of hydrogen-bond donors (Lipinski definition) is 3. The Morgan fingerprint density at radius 2 is 1.96 bits per heavy atom. The summed E-state index contributed by atoms with van der Waals surface area (Å²) in [6, 6.07) is 9.23. The van der Waals surface area contributed by atoms with Gasteiger partial charge >= 0.3 is 6.03 Å². The summed E-state index contributed by atoms with van der Waals surface area (Å²) >= 11 is 0. The van der Waals surface area contributed by atoms with E-state index in [0.29, 0.717) is 13.0 Å². The largest absolute Gasteiger partial charge is 0.394 e. The van der Waals surface area contributed by atoms with Crippen LogP contribution in [-0.4, -0.2) is 33.6 Å². The smallest absolute Gasteiger partial charge is 0.315 e. The Hall–Kier alpha value is -2.34. The molecular formula is C19H28N4O2. The number of carbonyl (C=O) groups is 1. The highest BCUT2D eigenvalue weighted by Crippen LogP contribution is 2.15. The van der Waals surface area contributed by atoms with E-state index in [1.54, 1.807) is 0 Å². The zero-order chi connectivity index (χ0) is 18.2. The molecule has 6 heteroatoms. The number of amides is 2. The van der Waals surface area contributed by atoms with Crippen molar-refractivity contribution in [3.05, 3.63) is 52.8 Å². The predicted octanol–water partition coefficient (Wildman–Crippen LogP) is 1.95. The normalized spacial score (nSPS) is 12.0. The van der Waals surface area contributed by atoms with E-state index >= 15 is 0 Å². The molecule has 1 aromatic heterocycles. The van der Waals surface area contributed by atoms with Gasteiger partial charge in [-0.1, -0.05) is 44.2 Å². The van der Waals surface area contributed by atoms with Gasteiger partial charge in [0.1, 0.15) is 0 Å². The van der Waals surface area contributed by atoms with Crippen molar-refractivity contribution in [1.29, 1.82) is 0 Å². The van der Waals surface area contributed by atoms with E-state index < -0.39 is 0 Å². The molecule has 0 aliphatic heterocycles. The maximum Gasteiger partial charge on any atom is 0.315 e. The lowest BCUT2D eigenvalue weighted by Gasteiger charge is -2.17. The lowest BCUT2D eigenvalue weighted by atomic mass is 10.1. The summed E-state index contributed by atoms with van der Waals surface area (Å²) in [6.07, 6.45) is 2.30. The quantitative estimate of drug-likeness (QED) is 0.685. The van der Waals surface area contributed by atoms with Gasteiger partial charge in [0.25, 0.3) is 0 Å². The molecular weight excluding hydrogens is 316 g/mol. The molecule has 0 aliphatic carbocycles. The fourth-order valence-corrected chi connectivity index (χ4v) is 3.06. The summed E-state index contributed by atoms with van der Waals surface area (Å²) in [4.78, 5) is 12.2. The second-order valence-corrected chi connectivity index (χ2v) is 6.10. The number of nitrogens with one attached hydrogen (secondary N) is 2. The van der Waals surface area contributed by atoms with E-state index in [1.807, 2.05) is 42.1 Å². The van der Waals surface area contributed by atoms with Crippen LogP contribution in [0.25, 0.3) is 0 Å². The molecule has 136 valence electrons. The zero-order valence-corrected chi connectivity index (χ0v) is 15.2. The third-order valence-corrected chi connectivity index (χ3v) is 4.33. The molecule has 25 heavy (non-hydrogen) atoms. The Bertz CT molecular complexity index is 682. The van der Waals surface area contributed by atoms with Crippen LogP contribution < -0.4 is 10.6 Å². The standard InChI is InChI=1S/C19H28N4O2/c1-4-17-16(18(5-2)23(3)22-17)12-20-19(25)21-15(13-24)11-14-9-7-6-8-10-14/h6-10,15,24H,4-5,11-13H2,1-3H3,(H2,20,21,25). The first kappa shape index (κ1) is 19.0. The molecule has 0 radical (unpaired) electrons. The molecule has 1 aromatic carbocycles. The Balaban J connectivity index is 1.93. The number of aryl methyl sites for hydroxylation is 2. The van der Waals surface area contributed by atoms with Gasteiger partial charge in [0, 0.05) is 24.8 Å². The van der Waals surface area contributed by atoms with Gasteiger partial charge in [-0.15, -0.1) is 0 Å². The molecule has 0 saturated heterocycles. The number of carbonyl (C=O) groups excluding carboxylic acids is 1. The average Bonchev–Trinajstić information content (AvgIpc) is 2.94. The number of aromatic nitrogens is 2. The van der Waals surface area contributed by atoms with Crippen LogP contribution in [0.15, 0.2) is 30.3 Å². The molecule has 1 atom stereocenters. The van der Waals surface area contributed by atoms with E-state index in [9.17, 15) is 9.90 Å². The minimum atomic E-state index is -0.312. The van der Waals surface area contributed by atoms with E-state index in [1.165, 1.54) is 0 Å². The molecule has 0 spiro atoms. The Labute approximate surface area is 149 Å². The number of benzene rings is 1. The van der Waals surface area contributed by atoms with Gasteiger partial charge in [0.15, 0.2) is 0 Å². The monoisotopic (exact) mass is 344 g/mol. The highest BCUT2D eigenvalue weighted by molar-refractivity contribution is 5.74. The van der Waals surface area contributed by atoms with Gasteiger partial charge in [-0.3, -0.25) is 4.68 Å². The number of aliphatic hydroxyl groups is 1. The van der Waals surface area contributed by atoms with Gasteiger partial charge in [0.05, 0.1) is 18.3 Å². The predicted molar refractivity (Wildman–Crippen MR) is 98.4 cm³/mol. The van der Waals surface area contributed by atoms with Gasteiger partial charge in [0.2, 0.25) is 0 Å². The zero-order valence-electron chi connectivity index (χ0n) is 15.2. The van der Waals surface area contributed by atoms with Crippen molar-refractivity contribution >= 4 is 6.03 Å². The van der Waals surface area contributed by atoms with Crippen LogP contribution in [0.3, 0.4) is 0 Å². The Morgan fingerprint density at radius 1 is 1.24 bits per heavy atom. The van der Waals surface area contributed by atoms with Crippen molar-refractivity contribution in [2.45, 2.75) is 45.7 Å². The molecule has 0 aliphatic rings. The Morgan fingerprint density at radius 3 is 2.56 bits per heavy atom. The van der Waals surface area contributed by atoms with Gasteiger partial charge in [-0.25, -0.2) is 4.79 Å². The number of nitrogens with zero attached hydrogens (tertiary/aromatic N) is 2.